The number of hydrogen-bond donors (Lipinski definition) is 2. The number of rotatable bonds is 3. The lowest BCUT2D eigenvalue weighted by Crippen LogP contribution is -2.07. The van der Waals surface area contributed by atoms with Gasteiger partial charge in [-0.15, -0.1) is 0 Å². The number of amides is 1. The Hall–Kier alpha value is -3.46. The lowest BCUT2D eigenvalue weighted by atomic mass is 10.1. The van der Waals surface area contributed by atoms with E-state index in [9.17, 15) is 14.4 Å². The van der Waals surface area contributed by atoms with Gasteiger partial charge in [0.25, 0.3) is 0 Å². The van der Waals surface area contributed by atoms with Gasteiger partial charge in [0.2, 0.25) is 5.91 Å². The molecule has 0 saturated heterocycles. The summed E-state index contributed by atoms with van der Waals surface area (Å²) in [7, 11) is 0. The van der Waals surface area contributed by atoms with Gasteiger partial charge >= 0.3 is 0 Å². The molecule has 0 saturated carbocycles. The number of aromatic nitrogens is 1. The monoisotopic (exact) mass is 334 g/mol. The number of fused-ring (bicyclic) bond motifs is 1. The zero-order chi connectivity index (χ0) is 18.0. The fourth-order valence-corrected chi connectivity index (χ4v) is 2.60. The maximum Gasteiger partial charge on any atom is 0.221 e. The van der Waals surface area contributed by atoms with Gasteiger partial charge in [-0.25, -0.2) is 4.39 Å². The molecule has 0 aliphatic carbocycles. The van der Waals surface area contributed by atoms with Gasteiger partial charge in [-0.2, -0.15) is 5.26 Å². The number of aryl methyl sites for hydroxylation is 1. The van der Waals surface area contributed by atoms with E-state index in [0.717, 1.165) is 5.56 Å². The average molecular weight is 334 g/mol. The summed E-state index contributed by atoms with van der Waals surface area (Å²) in [5, 5.41) is 15.9. The third kappa shape index (κ3) is 3.40. The first kappa shape index (κ1) is 16.4. The Morgan fingerprint density at radius 1 is 1.28 bits per heavy atom. The normalized spacial score (nSPS) is 10.3. The highest BCUT2D eigenvalue weighted by Crippen LogP contribution is 2.32. The van der Waals surface area contributed by atoms with Crippen LogP contribution in [-0.2, 0) is 4.79 Å². The van der Waals surface area contributed by atoms with Gasteiger partial charge in [-0.1, -0.05) is 6.07 Å². The first-order valence-corrected chi connectivity index (χ1v) is 7.61. The van der Waals surface area contributed by atoms with Crippen LogP contribution in [0.1, 0.15) is 18.1 Å². The van der Waals surface area contributed by atoms with Crippen molar-refractivity contribution in [3.05, 3.63) is 59.5 Å². The van der Waals surface area contributed by atoms with Crippen molar-refractivity contribution in [1.29, 1.82) is 5.26 Å². The molecule has 2 N–H and O–H groups in total. The molecule has 3 rings (SSSR count). The predicted octanol–water partition coefficient (Wildman–Crippen LogP) is 4.26. The summed E-state index contributed by atoms with van der Waals surface area (Å²) in [6, 6.07) is 11.7. The Morgan fingerprint density at radius 2 is 2.08 bits per heavy atom. The largest absolute Gasteiger partial charge is 0.354 e. The van der Waals surface area contributed by atoms with Crippen molar-refractivity contribution in [2.75, 3.05) is 10.6 Å². The molecule has 0 atom stereocenters. The van der Waals surface area contributed by atoms with Crippen LogP contribution in [0.2, 0.25) is 0 Å². The first-order chi connectivity index (χ1) is 12.0. The molecular formula is C19H15FN4O. The summed E-state index contributed by atoms with van der Waals surface area (Å²) in [4.78, 5) is 15.7. The standard InChI is InChI=1S/C19H15FN4O/c1-11-6-18-16(8-17(11)23-12(2)25)19(13(9-21)10-22-18)24-15-5-3-4-14(20)7-15/h3-8,10H,1-2H3,(H,22,24)(H,23,25). The molecule has 3 aromatic rings. The van der Waals surface area contributed by atoms with E-state index in [-0.39, 0.29) is 11.7 Å². The zero-order valence-electron chi connectivity index (χ0n) is 13.7. The molecule has 124 valence electrons. The van der Waals surface area contributed by atoms with Crippen LogP contribution in [0.5, 0.6) is 0 Å². The van der Waals surface area contributed by atoms with E-state index in [1.807, 2.05) is 13.0 Å². The summed E-state index contributed by atoms with van der Waals surface area (Å²) in [6.07, 6.45) is 1.47. The summed E-state index contributed by atoms with van der Waals surface area (Å²) in [5.41, 5.74) is 3.53. The van der Waals surface area contributed by atoms with Crippen LogP contribution in [0.3, 0.4) is 0 Å². The van der Waals surface area contributed by atoms with Crippen LogP contribution in [0, 0.1) is 24.1 Å². The number of nitriles is 1. The van der Waals surface area contributed by atoms with E-state index in [1.54, 1.807) is 18.2 Å². The zero-order valence-corrected chi connectivity index (χ0v) is 13.7. The van der Waals surface area contributed by atoms with Crippen LogP contribution in [-0.4, -0.2) is 10.9 Å². The van der Waals surface area contributed by atoms with Gasteiger partial charge in [-0.05, 0) is 42.8 Å². The lowest BCUT2D eigenvalue weighted by Gasteiger charge is -2.14. The molecule has 0 bridgehead atoms. The molecule has 0 fully saturated rings. The highest BCUT2D eigenvalue weighted by atomic mass is 19.1. The highest BCUT2D eigenvalue weighted by Gasteiger charge is 2.12. The summed E-state index contributed by atoms with van der Waals surface area (Å²) in [5.74, 6) is -0.567. The van der Waals surface area contributed by atoms with Crippen molar-refractivity contribution < 1.29 is 9.18 Å². The molecule has 0 unspecified atom stereocenters. The molecule has 2 aromatic carbocycles. The molecule has 0 spiro atoms. The molecule has 1 heterocycles. The number of halogens is 1. The molecule has 6 heteroatoms. The van der Waals surface area contributed by atoms with Crippen molar-refractivity contribution in [3.8, 4) is 6.07 Å². The van der Waals surface area contributed by atoms with Gasteiger partial charge < -0.3 is 10.6 Å². The predicted molar refractivity (Wildman–Crippen MR) is 95.2 cm³/mol. The van der Waals surface area contributed by atoms with E-state index in [4.69, 9.17) is 0 Å². The second kappa shape index (κ2) is 6.57. The minimum atomic E-state index is -0.378. The van der Waals surface area contributed by atoms with Crippen LogP contribution in [0.25, 0.3) is 10.9 Å². The third-order valence-electron chi connectivity index (χ3n) is 3.74. The van der Waals surface area contributed by atoms with Crippen molar-refractivity contribution >= 4 is 33.9 Å². The van der Waals surface area contributed by atoms with Crippen molar-refractivity contribution in [1.82, 2.24) is 4.98 Å². The van der Waals surface area contributed by atoms with Crippen LogP contribution < -0.4 is 10.6 Å². The average Bonchev–Trinajstić information content (AvgIpc) is 2.56. The van der Waals surface area contributed by atoms with Crippen LogP contribution in [0.15, 0.2) is 42.6 Å². The fraction of sp³-hybridized carbons (Fsp3) is 0.105. The molecule has 5 nitrogen and oxygen atoms in total. The molecule has 25 heavy (non-hydrogen) atoms. The van der Waals surface area contributed by atoms with Gasteiger partial charge in [-0.3, -0.25) is 9.78 Å². The molecular weight excluding hydrogens is 319 g/mol. The first-order valence-electron chi connectivity index (χ1n) is 7.61. The number of benzene rings is 2. The minimum absolute atomic E-state index is 0.188. The van der Waals surface area contributed by atoms with E-state index < -0.39 is 0 Å². The Labute approximate surface area is 144 Å². The molecule has 0 aliphatic heterocycles. The molecule has 1 amide bonds. The minimum Gasteiger partial charge on any atom is -0.354 e. The van der Waals surface area contributed by atoms with Crippen molar-refractivity contribution in [2.24, 2.45) is 0 Å². The third-order valence-corrected chi connectivity index (χ3v) is 3.74. The summed E-state index contributed by atoms with van der Waals surface area (Å²) in [6.45, 7) is 3.30. The number of carbonyl (C=O) groups excluding carboxylic acids is 1. The number of carbonyl (C=O) groups is 1. The van der Waals surface area contributed by atoms with Gasteiger partial charge in [0, 0.05) is 29.9 Å². The smallest absolute Gasteiger partial charge is 0.221 e. The Kier molecular flexibility index (Phi) is 4.31. The number of hydrogen-bond acceptors (Lipinski definition) is 4. The van der Waals surface area contributed by atoms with Crippen LogP contribution in [0.4, 0.5) is 21.5 Å². The molecule has 0 radical (unpaired) electrons. The van der Waals surface area contributed by atoms with Gasteiger partial charge in [0.15, 0.2) is 0 Å². The Bertz CT molecular complexity index is 1020. The fourth-order valence-electron chi connectivity index (χ4n) is 2.60. The van der Waals surface area contributed by atoms with E-state index in [2.05, 4.69) is 21.7 Å². The van der Waals surface area contributed by atoms with E-state index >= 15 is 0 Å². The van der Waals surface area contributed by atoms with E-state index in [0.29, 0.717) is 33.5 Å². The number of pyridine rings is 1. The van der Waals surface area contributed by atoms with E-state index in [1.165, 1.54) is 25.3 Å². The van der Waals surface area contributed by atoms with Gasteiger partial charge in [0.1, 0.15) is 11.9 Å². The lowest BCUT2D eigenvalue weighted by molar-refractivity contribution is -0.114. The van der Waals surface area contributed by atoms with Crippen LogP contribution >= 0.6 is 0 Å². The molecule has 1 aromatic heterocycles. The van der Waals surface area contributed by atoms with Crippen molar-refractivity contribution in [2.45, 2.75) is 13.8 Å². The quantitative estimate of drug-likeness (QED) is 0.750. The number of nitrogens with one attached hydrogen (secondary N) is 2. The molecule has 0 aliphatic rings. The topological polar surface area (TPSA) is 77.8 Å². The Balaban J connectivity index is 2.20. The van der Waals surface area contributed by atoms with Crippen molar-refractivity contribution in [3.63, 3.8) is 0 Å². The maximum absolute atomic E-state index is 13.5. The number of nitrogens with zero attached hydrogens (tertiary/aromatic N) is 2. The number of anilines is 3. The SMILES string of the molecule is CC(=O)Nc1cc2c(Nc3cccc(F)c3)c(C#N)cnc2cc1C. The Morgan fingerprint density at radius 3 is 2.76 bits per heavy atom. The summed E-state index contributed by atoms with van der Waals surface area (Å²) >= 11 is 0. The summed E-state index contributed by atoms with van der Waals surface area (Å²) < 4.78 is 13.5. The second-order valence-electron chi connectivity index (χ2n) is 5.66. The maximum atomic E-state index is 13.5. The second-order valence-corrected chi connectivity index (χ2v) is 5.66. The highest BCUT2D eigenvalue weighted by molar-refractivity contribution is 6.00. The van der Waals surface area contributed by atoms with Gasteiger partial charge in [0.05, 0.1) is 16.8 Å².